The quantitative estimate of drug-likeness (QED) is 0.821. The fourth-order valence-corrected chi connectivity index (χ4v) is 2.46. The number of aromatic nitrogens is 1. The van der Waals surface area contributed by atoms with Crippen molar-refractivity contribution in [3.05, 3.63) is 57.8 Å². The van der Waals surface area contributed by atoms with E-state index in [1.54, 1.807) is 18.3 Å². The lowest BCUT2D eigenvalue weighted by molar-refractivity contribution is -0.117. The fraction of sp³-hybridized carbons (Fsp3) is 0.200. The Balaban J connectivity index is 1.91. The number of carbonyl (C=O) groups excluding carboxylic acids is 1. The minimum atomic E-state index is -0.126. The highest BCUT2D eigenvalue weighted by atomic mass is 79.9. The topological polar surface area (TPSA) is 45.2 Å². The summed E-state index contributed by atoms with van der Waals surface area (Å²) in [4.78, 5) is 17.9. The van der Waals surface area contributed by atoms with Crippen molar-refractivity contribution in [3.63, 3.8) is 0 Å². The van der Waals surface area contributed by atoms with E-state index in [1.165, 1.54) is 0 Å². The first-order valence-corrected chi connectivity index (χ1v) is 7.55. The van der Waals surface area contributed by atoms with Gasteiger partial charge in [0.25, 0.3) is 0 Å². The fourth-order valence-electron chi connectivity index (χ4n) is 1.89. The van der Waals surface area contributed by atoms with Crippen molar-refractivity contribution in [3.8, 4) is 0 Å². The van der Waals surface area contributed by atoms with Crippen LogP contribution in [0, 0.1) is 0 Å². The van der Waals surface area contributed by atoms with Crippen LogP contribution in [-0.2, 0) is 11.3 Å². The van der Waals surface area contributed by atoms with Crippen molar-refractivity contribution < 1.29 is 4.79 Å². The maximum Gasteiger partial charge on any atom is 0.238 e. The van der Waals surface area contributed by atoms with Gasteiger partial charge in [0.05, 0.1) is 12.2 Å². The molecule has 0 fully saturated rings. The molecule has 0 saturated heterocycles. The van der Waals surface area contributed by atoms with E-state index >= 15 is 0 Å². The Hall–Kier alpha value is -1.43. The van der Waals surface area contributed by atoms with Crippen LogP contribution in [0.4, 0.5) is 5.69 Å². The molecule has 2 rings (SSSR count). The number of nitrogens with zero attached hydrogens (tertiary/aromatic N) is 2. The molecule has 1 N–H and O–H groups in total. The van der Waals surface area contributed by atoms with Crippen LogP contribution in [0.25, 0.3) is 0 Å². The van der Waals surface area contributed by atoms with Crippen LogP contribution in [-0.4, -0.2) is 29.4 Å². The molecular formula is C15H15BrClN3O. The first kappa shape index (κ1) is 15.9. The van der Waals surface area contributed by atoms with Crippen molar-refractivity contribution in [2.75, 3.05) is 18.9 Å². The van der Waals surface area contributed by atoms with E-state index in [4.69, 9.17) is 11.6 Å². The van der Waals surface area contributed by atoms with Gasteiger partial charge in [-0.25, -0.2) is 4.98 Å². The minimum absolute atomic E-state index is 0.126. The zero-order chi connectivity index (χ0) is 15.2. The molecule has 2 aromatic rings. The molecule has 1 aromatic carbocycles. The second kappa shape index (κ2) is 7.54. The average molecular weight is 369 g/mol. The number of pyridine rings is 1. The maximum atomic E-state index is 12.0. The normalized spacial score (nSPS) is 10.7. The van der Waals surface area contributed by atoms with Gasteiger partial charge in [-0.15, -0.1) is 0 Å². The van der Waals surface area contributed by atoms with Crippen LogP contribution < -0.4 is 5.32 Å². The molecule has 0 saturated carbocycles. The van der Waals surface area contributed by atoms with Crippen molar-refractivity contribution in [1.29, 1.82) is 0 Å². The summed E-state index contributed by atoms with van der Waals surface area (Å²) in [5, 5.41) is 3.05. The summed E-state index contributed by atoms with van der Waals surface area (Å²) in [5.41, 5.74) is 1.66. The van der Waals surface area contributed by atoms with E-state index in [0.717, 1.165) is 10.0 Å². The molecule has 1 heterocycles. The monoisotopic (exact) mass is 367 g/mol. The van der Waals surface area contributed by atoms with Gasteiger partial charge in [0.2, 0.25) is 5.91 Å². The summed E-state index contributed by atoms with van der Waals surface area (Å²) in [7, 11) is 1.89. The number of halogens is 2. The van der Waals surface area contributed by atoms with Gasteiger partial charge in [-0.05, 0) is 30.8 Å². The molecular weight excluding hydrogens is 354 g/mol. The van der Waals surface area contributed by atoms with Gasteiger partial charge in [-0.2, -0.15) is 0 Å². The molecule has 0 bridgehead atoms. The number of rotatable bonds is 5. The molecule has 0 aliphatic carbocycles. The second-order valence-corrected chi connectivity index (χ2v) is 5.87. The summed E-state index contributed by atoms with van der Waals surface area (Å²) < 4.78 is 1.03. The second-order valence-electron chi connectivity index (χ2n) is 4.65. The van der Waals surface area contributed by atoms with Crippen LogP contribution in [0.1, 0.15) is 5.56 Å². The van der Waals surface area contributed by atoms with Crippen molar-refractivity contribution in [2.24, 2.45) is 0 Å². The molecule has 1 aromatic heterocycles. The van der Waals surface area contributed by atoms with Crippen molar-refractivity contribution in [2.45, 2.75) is 6.54 Å². The zero-order valence-electron chi connectivity index (χ0n) is 11.5. The van der Waals surface area contributed by atoms with E-state index in [0.29, 0.717) is 17.4 Å². The Morgan fingerprint density at radius 1 is 1.33 bits per heavy atom. The third-order valence-electron chi connectivity index (χ3n) is 2.84. The molecule has 4 nitrogen and oxygen atoms in total. The highest BCUT2D eigenvalue weighted by Gasteiger charge is 2.10. The van der Waals surface area contributed by atoms with Gasteiger partial charge in [-0.1, -0.05) is 45.7 Å². The third kappa shape index (κ3) is 4.81. The van der Waals surface area contributed by atoms with Crippen LogP contribution in [0.3, 0.4) is 0 Å². The highest BCUT2D eigenvalue weighted by Crippen LogP contribution is 2.18. The van der Waals surface area contributed by atoms with Gasteiger partial charge < -0.3 is 5.32 Å². The first-order chi connectivity index (χ1) is 10.1. The Labute approximate surface area is 137 Å². The Morgan fingerprint density at radius 2 is 2.10 bits per heavy atom. The van der Waals surface area contributed by atoms with E-state index in [-0.39, 0.29) is 12.5 Å². The maximum absolute atomic E-state index is 12.0. The molecule has 0 aliphatic heterocycles. The number of nitrogens with one attached hydrogen (secondary N) is 1. The number of likely N-dealkylation sites (N-methyl/N-ethyl adjacent to an activating group) is 1. The van der Waals surface area contributed by atoms with E-state index < -0.39 is 0 Å². The highest BCUT2D eigenvalue weighted by molar-refractivity contribution is 9.10. The smallest absolute Gasteiger partial charge is 0.238 e. The number of carbonyl (C=O) groups is 1. The Bertz CT molecular complexity index is 636. The van der Waals surface area contributed by atoms with Gasteiger partial charge in [-0.3, -0.25) is 9.69 Å². The number of hydrogen-bond acceptors (Lipinski definition) is 3. The molecule has 1 amide bonds. The van der Waals surface area contributed by atoms with Crippen LogP contribution in [0.2, 0.25) is 5.15 Å². The van der Waals surface area contributed by atoms with Gasteiger partial charge in [0.1, 0.15) is 0 Å². The van der Waals surface area contributed by atoms with Crippen LogP contribution in [0.15, 0.2) is 47.1 Å². The lowest BCUT2D eigenvalue weighted by atomic mass is 10.2. The summed E-state index contributed by atoms with van der Waals surface area (Å²) in [6.07, 6.45) is 1.58. The third-order valence-corrected chi connectivity index (χ3v) is 3.92. The zero-order valence-corrected chi connectivity index (χ0v) is 13.9. The van der Waals surface area contributed by atoms with E-state index in [1.807, 2.05) is 36.2 Å². The lowest BCUT2D eigenvalue weighted by Gasteiger charge is -2.17. The number of amides is 1. The number of anilines is 1. The predicted molar refractivity (Wildman–Crippen MR) is 88.4 cm³/mol. The van der Waals surface area contributed by atoms with Crippen LogP contribution >= 0.6 is 27.5 Å². The number of hydrogen-bond donors (Lipinski definition) is 1. The first-order valence-electron chi connectivity index (χ1n) is 6.38. The largest absolute Gasteiger partial charge is 0.322 e. The average Bonchev–Trinajstić information content (AvgIpc) is 2.44. The molecule has 0 radical (unpaired) electrons. The standard InChI is InChI=1S/C15H15BrClN3O/c1-20(9-11-5-2-3-6-12(11)16)10-14(21)19-13-7-4-8-18-15(13)17/h2-8H,9-10H2,1H3,(H,19,21). The summed E-state index contributed by atoms with van der Waals surface area (Å²) in [6, 6.07) is 11.4. The Kier molecular flexibility index (Phi) is 5.73. The molecule has 0 unspecified atom stereocenters. The molecule has 110 valence electrons. The lowest BCUT2D eigenvalue weighted by Crippen LogP contribution is -2.30. The molecule has 0 spiro atoms. The van der Waals surface area contributed by atoms with E-state index in [9.17, 15) is 4.79 Å². The Morgan fingerprint density at radius 3 is 2.81 bits per heavy atom. The predicted octanol–water partition coefficient (Wildman–Crippen LogP) is 3.57. The SMILES string of the molecule is CN(CC(=O)Nc1cccnc1Cl)Cc1ccccc1Br. The molecule has 0 atom stereocenters. The molecule has 0 aliphatic rings. The van der Waals surface area contributed by atoms with Crippen molar-refractivity contribution in [1.82, 2.24) is 9.88 Å². The van der Waals surface area contributed by atoms with Crippen LogP contribution in [0.5, 0.6) is 0 Å². The number of benzene rings is 1. The summed E-state index contributed by atoms with van der Waals surface area (Å²) >= 11 is 9.41. The summed E-state index contributed by atoms with van der Waals surface area (Å²) in [6.45, 7) is 0.947. The van der Waals surface area contributed by atoms with Gasteiger partial charge >= 0.3 is 0 Å². The van der Waals surface area contributed by atoms with E-state index in [2.05, 4.69) is 26.2 Å². The van der Waals surface area contributed by atoms with Gasteiger partial charge in [0.15, 0.2) is 5.15 Å². The minimum Gasteiger partial charge on any atom is -0.322 e. The molecule has 6 heteroatoms. The summed E-state index contributed by atoms with van der Waals surface area (Å²) in [5.74, 6) is -0.126. The van der Waals surface area contributed by atoms with Crippen molar-refractivity contribution >= 4 is 39.1 Å². The van der Waals surface area contributed by atoms with Gasteiger partial charge in [0, 0.05) is 17.2 Å². The molecule has 21 heavy (non-hydrogen) atoms.